The van der Waals surface area contributed by atoms with Crippen molar-refractivity contribution in [2.75, 3.05) is 19.6 Å². The molecule has 2 bridgehead atoms. The highest BCUT2D eigenvalue weighted by atomic mass is 32.2. The summed E-state index contributed by atoms with van der Waals surface area (Å²) in [6.45, 7) is 10.0. The van der Waals surface area contributed by atoms with Gasteiger partial charge in [0.25, 0.3) is 0 Å². The van der Waals surface area contributed by atoms with E-state index in [0.29, 0.717) is 22.2 Å². The number of amides is 1. The van der Waals surface area contributed by atoms with Crippen molar-refractivity contribution >= 4 is 17.7 Å². The van der Waals surface area contributed by atoms with Gasteiger partial charge in [-0.1, -0.05) is 18.7 Å². The van der Waals surface area contributed by atoms with Gasteiger partial charge in [-0.05, 0) is 50.0 Å². The fourth-order valence-electron chi connectivity index (χ4n) is 3.52. The maximum absolute atomic E-state index is 13.7. The van der Waals surface area contributed by atoms with Crippen molar-refractivity contribution in [3.05, 3.63) is 47.8 Å². The van der Waals surface area contributed by atoms with Gasteiger partial charge in [-0.2, -0.15) is 0 Å². The van der Waals surface area contributed by atoms with Crippen LogP contribution in [-0.4, -0.2) is 52.0 Å². The Bertz CT molecular complexity index is 630. The van der Waals surface area contributed by atoms with E-state index in [9.17, 15) is 9.18 Å². The van der Waals surface area contributed by atoms with Gasteiger partial charge in [0.2, 0.25) is 5.91 Å². The first-order chi connectivity index (χ1) is 11.5. The Hall–Kier alpha value is -1.33. The van der Waals surface area contributed by atoms with Crippen LogP contribution in [0.4, 0.5) is 4.39 Å². The van der Waals surface area contributed by atoms with E-state index >= 15 is 0 Å². The van der Waals surface area contributed by atoms with Crippen molar-refractivity contribution in [3.63, 3.8) is 0 Å². The molecule has 130 valence electrons. The molecule has 0 radical (unpaired) electrons. The van der Waals surface area contributed by atoms with Crippen LogP contribution in [-0.2, 0) is 11.2 Å². The summed E-state index contributed by atoms with van der Waals surface area (Å²) in [7, 11) is 0. The number of fused-ring (bicyclic) bond motifs is 4. The summed E-state index contributed by atoms with van der Waals surface area (Å²) in [5.74, 6) is -0.109. The normalized spacial score (nSPS) is 27.1. The lowest BCUT2D eigenvalue weighted by Gasteiger charge is -2.50. The first-order valence-electron chi connectivity index (χ1n) is 8.55. The third-order valence-corrected chi connectivity index (χ3v) is 6.54. The van der Waals surface area contributed by atoms with E-state index in [2.05, 4.69) is 18.4 Å². The van der Waals surface area contributed by atoms with E-state index in [1.807, 2.05) is 28.8 Å². The van der Waals surface area contributed by atoms with Crippen LogP contribution in [0.1, 0.15) is 24.5 Å². The lowest BCUT2D eigenvalue weighted by Crippen LogP contribution is -2.58. The van der Waals surface area contributed by atoms with Gasteiger partial charge in [0.05, 0.1) is 5.37 Å². The summed E-state index contributed by atoms with van der Waals surface area (Å²) in [5, 5.41) is 1.06. The number of carbonyl (C=O) groups is 1. The first kappa shape index (κ1) is 17.5. The third kappa shape index (κ3) is 3.67. The molecule has 3 aliphatic heterocycles. The molecule has 1 aromatic rings. The van der Waals surface area contributed by atoms with Gasteiger partial charge in [-0.15, -0.1) is 11.8 Å². The second kappa shape index (κ2) is 7.28. The van der Waals surface area contributed by atoms with Crippen molar-refractivity contribution in [1.82, 2.24) is 9.80 Å². The van der Waals surface area contributed by atoms with E-state index in [4.69, 9.17) is 0 Å². The number of hydrogen-bond donors (Lipinski definition) is 0. The second-order valence-corrected chi connectivity index (χ2v) is 8.30. The van der Waals surface area contributed by atoms with E-state index in [-0.39, 0.29) is 11.7 Å². The fraction of sp³-hybridized carbons (Fsp3) is 0.526. The quantitative estimate of drug-likeness (QED) is 0.781. The Morgan fingerprint density at radius 3 is 2.88 bits per heavy atom. The van der Waals surface area contributed by atoms with Crippen LogP contribution >= 0.6 is 11.8 Å². The van der Waals surface area contributed by atoms with Crippen molar-refractivity contribution in [2.45, 2.75) is 43.4 Å². The van der Waals surface area contributed by atoms with Crippen LogP contribution in [0.5, 0.6) is 0 Å². The van der Waals surface area contributed by atoms with Crippen LogP contribution in [0.3, 0.4) is 0 Å². The molecule has 0 aliphatic carbocycles. The van der Waals surface area contributed by atoms with E-state index in [0.717, 1.165) is 38.0 Å². The molecular formula is C19H25FN2OS. The molecule has 3 nitrogen and oxygen atoms in total. The molecule has 1 aromatic carbocycles. The third-order valence-electron chi connectivity index (χ3n) is 5.04. The molecule has 24 heavy (non-hydrogen) atoms. The van der Waals surface area contributed by atoms with Gasteiger partial charge < -0.3 is 4.90 Å². The Kier molecular flexibility index (Phi) is 5.30. The average Bonchev–Trinajstić information content (AvgIpc) is 2.51. The topological polar surface area (TPSA) is 23.6 Å². The molecule has 4 rings (SSSR count). The summed E-state index contributed by atoms with van der Waals surface area (Å²) in [5.41, 5.74) is 1.72. The maximum atomic E-state index is 13.7. The number of hydrogen-bond acceptors (Lipinski definition) is 3. The van der Waals surface area contributed by atoms with Crippen molar-refractivity contribution in [2.24, 2.45) is 0 Å². The molecule has 3 atom stereocenters. The van der Waals surface area contributed by atoms with Crippen molar-refractivity contribution < 1.29 is 9.18 Å². The Morgan fingerprint density at radius 1 is 1.46 bits per heavy atom. The smallest absolute Gasteiger partial charge is 0.246 e. The minimum absolute atomic E-state index is 0.0216. The molecule has 0 spiro atoms. The molecule has 0 aromatic heterocycles. The largest absolute Gasteiger partial charge is 0.337 e. The molecule has 1 amide bonds. The van der Waals surface area contributed by atoms with E-state index < -0.39 is 0 Å². The van der Waals surface area contributed by atoms with Gasteiger partial charge in [0, 0.05) is 30.9 Å². The zero-order valence-corrected chi connectivity index (χ0v) is 15.2. The molecule has 3 aliphatic rings. The van der Waals surface area contributed by atoms with Gasteiger partial charge in [0.15, 0.2) is 0 Å². The summed E-state index contributed by atoms with van der Waals surface area (Å²) >= 11 is 1.96. The van der Waals surface area contributed by atoms with Crippen LogP contribution < -0.4 is 0 Å². The minimum Gasteiger partial charge on any atom is -0.337 e. The molecule has 3 heterocycles. The van der Waals surface area contributed by atoms with Gasteiger partial charge in [0.1, 0.15) is 5.82 Å². The van der Waals surface area contributed by atoms with Crippen molar-refractivity contribution in [3.8, 4) is 0 Å². The second-order valence-electron chi connectivity index (χ2n) is 6.82. The zero-order valence-electron chi connectivity index (χ0n) is 14.4. The average molecular weight is 348 g/mol. The maximum Gasteiger partial charge on any atom is 0.246 e. The lowest BCUT2D eigenvalue weighted by molar-refractivity contribution is -0.127. The molecular weight excluding hydrogens is 323 g/mol. The number of aryl methyl sites for hydroxylation is 1. The highest BCUT2D eigenvalue weighted by molar-refractivity contribution is 8.01. The molecule has 3 saturated heterocycles. The predicted molar refractivity (Wildman–Crippen MR) is 97.6 cm³/mol. The summed E-state index contributed by atoms with van der Waals surface area (Å²) in [6.07, 6.45) is 3.37. The molecule has 3 fully saturated rings. The van der Waals surface area contributed by atoms with E-state index in [1.165, 1.54) is 6.08 Å². The molecule has 5 heteroatoms. The van der Waals surface area contributed by atoms with Crippen LogP contribution in [0.15, 0.2) is 30.9 Å². The molecule has 0 saturated carbocycles. The van der Waals surface area contributed by atoms with Gasteiger partial charge >= 0.3 is 0 Å². The number of thioether (sulfide) groups is 1. The lowest BCUT2D eigenvalue weighted by atomic mass is 10.1. The number of rotatable bonds is 4. The monoisotopic (exact) mass is 348 g/mol. The Balaban J connectivity index is 1.66. The zero-order chi connectivity index (χ0) is 17.3. The Morgan fingerprint density at radius 2 is 2.21 bits per heavy atom. The predicted octanol–water partition coefficient (Wildman–Crippen LogP) is 3.23. The SMILES string of the molecule is C=CC(=O)N1CC2CC(S2)N(CCc2ccc(C)c(F)c2)C(C)C1. The van der Waals surface area contributed by atoms with Gasteiger partial charge in [-0.3, -0.25) is 9.69 Å². The van der Waals surface area contributed by atoms with Crippen LogP contribution in [0.25, 0.3) is 0 Å². The number of halogens is 1. The van der Waals surface area contributed by atoms with Crippen molar-refractivity contribution in [1.29, 1.82) is 0 Å². The highest BCUT2D eigenvalue weighted by Gasteiger charge is 2.40. The number of nitrogens with zero attached hydrogens (tertiary/aromatic N) is 2. The first-order valence-corrected chi connectivity index (χ1v) is 9.49. The highest BCUT2D eigenvalue weighted by Crippen LogP contribution is 2.41. The Labute approximate surface area is 147 Å². The molecule has 0 N–H and O–H groups in total. The number of carbonyl (C=O) groups excluding carboxylic acids is 1. The molecule has 3 unspecified atom stereocenters. The van der Waals surface area contributed by atoms with Gasteiger partial charge in [-0.25, -0.2) is 4.39 Å². The summed E-state index contributed by atoms with van der Waals surface area (Å²) in [6, 6.07) is 5.80. The van der Waals surface area contributed by atoms with E-state index in [1.54, 1.807) is 13.0 Å². The standard InChI is InChI=1S/C19H25FN2OS/c1-4-18(23)21-11-14(3)22(19-10-16(12-21)24-19)8-7-15-6-5-13(2)17(20)9-15/h4-6,9,14,16,19H,1,7-8,10-12H2,2-3H3. The minimum atomic E-state index is -0.131. The summed E-state index contributed by atoms with van der Waals surface area (Å²) < 4.78 is 13.7. The number of benzene rings is 1. The van der Waals surface area contributed by atoms with Crippen LogP contribution in [0, 0.1) is 12.7 Å². The fourth-order valence-corrected chi connectivity index (χ4v) is 4.98. The van der Waals surface area contributed by atoms with Crippen LogP contribution in [0.2, 0.25) is 0 Å². The summed E-state index contributed by atoms with van der Waals surface area (Å²) in [4.78, 5) is 16.4.